The Kier molecular flexibility index (Phi) is 2.93. The maximum absolute atomic E-state index is 6.50. The Morgan fingerprint density at radius 2 is 2.50 bits per heavy atom. The third-order valence-electron chi connectivity index (χ3n) is 3.56. The van der Waals surface area contributed by atoms with Gasteiger partial charge in [0.05, 0.1) is 0 Å². The Morgan fingerprint density at radius 3 is 3.14 bits per heavy atom. The first kappa shape index (κ1) is 10.2. The molecule has 78 valence electrons. The summed E-state index contributed by atoms with van der Waals surface area (Å²) in [6.07, 6.45) is 6.30. The largest absolute Gasteiger partial charge is 0.321 e. The van der Waals surface area contributed by atoms with E-state index in [4.69, 9.17) is 5.73 Å². The zero-order valence-corrected chi connectivity index (χ0v) is 9.65. The Morgan fingerprint density at radius 1 is 1.64 bits per heavy atom. The minimum absolute atomic E-state index is 0.0150. The van der Waals surface area contributed by atoms with Crippen molar-refractivity contribution in [2.24, 2.45) is 11.7 Å². The smallest absolute Gasteiger partial charge is 0.0420 e. The van der Waals surface area contributed by atoms with E-state index in [1.165, 1.54) is 37.7 Å². The van der Waals surface area contributed by atoms with Crippen LogP contribution < -0.4 is 5.73 Å². The van der Waals surface area contributed by atoms with Gasteiger partial charge in [0.2, 0.25) is 0 Å². The molecule has 2 N–H and O–H groups in total. The summed E-state index contributed by atoms with van der Waals surface area (Å²) in [6, 6.07) is 2.20. The maximum atomic E-state index is 6.50. The third-order valence-corrected chi connectivity index (χ3v) is 4.24. The van der Waals surface area contributed by atoms with Crippen LogP contribution in [0.15, 0.2) is 16.8 Å². The SMILES string of the molecule is CCC1CCCC(N)(c2ccsc2)C1. The number of hydrogen-bond donors (Lipinski definition) is 1. The van der Waals surface area contributed by atoms with Gasteiger partial charge in [-0.3, -0.25) is 0 Å². The normalized spacial score (nSPS) is 33.1. The van der Waals surface area contributed by atoms with Crippen LogP contribution in [-0.4, -0.2) is 0 Å². The van der Waals surface area contributed by atoms with Crippen molar-refractivity contribution in [1.29, 1.82) is 0 Å². The zero-order chi connectivity index (χ0) is 10.0. The van der Waals surface area contributed by atoms with Crippen molar-refractivity contribution < 1.29 is 0 Å². The van der Waals surface area contributed by atoms with Crippen LogP contribution in [0.4, 0.5) is 0 Å². The fraction of sp³-hybridized carbons (Fsp3) is 0.667. The molecule has 14 heavy (non-hydrogen) atoms. The second-order valence-electron chi connectivity index (χ2n) is 4.54. The first-order valence-corrected chi connectivity index (χ1v) is 6.50. The van der Waals surface area contributed by atoms with Gasteiger partial charge < -0.3 is 5.73 Å². The van der Waals surface area contributed by atoms with Crippen molar-refractivity contribution >= 4 is 11.3 Å². The van der Waals surface area contributed by atoms with Gasteiger partial charge in [-0.2, -0.15) is 11.3 Å². The molecule has 1 heterocycles. The lowest BCUT2D eigenvalue weighted by molar-refractivity contribution is 0.222. The molecular formula is C12H19NS. The second kappa shape index (κ2) is 4.03. The third kappa shape index (κ3) is 1.86. The van der Waals surface area contributed by atoms with Gasteiger partial charge in [-0.25, -0.2) is 0 Å². The molecule has 1 aromatic heterocycles. The van der Waals surface area contributed by atoms with E-state index < -0.39 is 0 Å². The number of thiophene rings is 1. The molecule has 0 aromatic carbocycles. The number of rotatable bonds is 2. The Bertz CT molecular complexity index is 281. The van der Waals surface area contributed by atoms with E-state index in [9.17, 15) is 0 Å². The van der Waals surface area contributed by atoms with Gasteiger partial charge in [-0.15, -0.1) is 0 Å². The summed E-state index contributed by atoms with van der Waals surface area (Å²) >= 11 is 1.76. The predicted molar refractivity (Wildman–Crippen MR) is 62.4 cm³/mol. The van der Waals surface area contributed by atoms with Crippen molar-refractivity contribution in [1.82, 2.24) is 0 Å². The Hall–Kier alpha value is -0.340. The summed E-state index contributed by atoms with van der Waals surface area (Å²) in [6.45, 7) is 2.28. The monoisotopic (exact) mass is 209 g/mol. The lowest BCUT2D eigenvalue weighted by atomic mass is 9.72. The summed E-state index contributed by atoms with van der Waals surface area (Å²) in [7, 11) is 0. The molecule has 2 unspecified atom stereocenters. The van der Waals surface area contributed by atoms with E-state index in [0.717, 1.165) is 5.92 Å². The highest BCUT2D eigenvalue weighted by atomic mass is 32.1. The van der Waals surface area contributed by atoms with E-state index in [1.807, 2.05) is 0 Å². The lowest BCUT2D eigenvalue weighted by Gasteiger charge is -2.37. The van der Waals surface area contributed by atoms with Crippen LogP contribution in [-0.2, 0) is 5.54 Å². The highest BCUT2D eigenvalue weighted by molar-refractivity contribution is 7.08. The van der Waals surface area contributed by atoms with Gasteiger partial charge in [0.1, 0.15) is 0 Å². The molecule has 1 saturated carbocycles. The lowest BCUT2D eigenvalue weighted by Crippen LogP contribution is -2.41. The molecule has 0 bridgehead atoms. The molecule has 1 aliphatic carbocycles. The van der Waals surface area contributed by atoms with Gasteiger partial charge in [-0.05, 0) is 41.1 Å². The van der Waals surface area contributed by atoms with Crippen LogP contribution in [0, 0.1) is 5.92 Å². The average Bonchev–Trinajstić information content (AvgIpc) is 2.71. The van der Waals surface area contributed by atoms with Crippen molar-refractivity contribution in [2.45, 2.75) is 44.6 Å². The molecule has 0 saturated heterocycles. The minimum Gasteiger partial charge on any atom is -0.321 e. The van der Waals surface area contributed by atoms with E-state index in [1.54, 1.807) is 11.3 Å². The fourth-order valence-corrected chi connectivity index (χ4v) is 3.35. The fourth-order valence-electron chi connectivity index (χ4n) is 2.58. The van der Waals surface area contributed by atoms with Gasteiger partial charge in [0.15, 0.2) is 0 Å². The van der Waals surface area contributed by atoms with Crippen LogP contribution in [0.25, 0.3) is 0 Å². The molecular weight excluding hydrogens is 190 g/mol. The summed E-state index contributed by atoms with van der Waals surface area (Å²) in [5, 5.41) is 4.36. The molecule has 2 heteroatoms. The van der Waals surface area contributed by atoms with Crippen LogP contribution in [0.3, 0.4) is 0 Å². The molecule has 0 amide bonds. The van der Waals surface area contributed by atoms with Crippen molar-refractivity contribution in [2.75, 3.05) is 0 Å². The second-order valence-corrected chi connectivity index (χ2v) is 5.32. The Balaban J connectivity index is 2.15. The summed E-state index contributed by atoms with van der Waals surface area (Å²) < 4.78 is 0. The van der Waals surface area contributed by atoms with Gasteiger partial charge in [0.25, 0.3) is 0 Å². The maximum Gasteiger partial charge on any atom is 0.0420 e. The topological polar surface area (TPSA) is 26.0 Å². The zero-order valence-electron chi connectivity index (χ0n) is 8.83. The van der Waals surface area contributed by atoms with Crippen molar-refractivity contribution in [3.8, 4) is 0 Å². The molecule has 0 spiro atoms. The molecule has 1 fully saturated rings. The van der Waals surface area contributed by atoms with E-state index in [-0.39, 0.29) is 5.54 Å². The standard InChI is InChI=1S/C12H19NS/c1-2-10-4-3-6-12(13,8-10)11-5-7-14-9-11/h5,7,9-10H,2-4,6,8,13H2,1H3. The first-order valence-electron chi connectivity index (χ1n) is 5.56. The molecule has 0 radical (unpaired) electrons. The van der Waals surface area contributed by atoms with Gasteiger partial charge in [-0.1, -0.05) is 26.2 Å². The molecule has 0 aliphatic heterocycles. The summed E-state index contributed by atoms with van der Waals surface area (Å²) in [4.78, 5) is 0. The van der Waals surface area contributed by atoms with Crippen LogP contribution in [0.1, 0.15) is 44.6 Å². The number of hydrogen-bond acceptors (Lipinski definition) is 2. The highest BCUT2D eigenvalue weighted by Crippen LogP contribution is 2.39. The van der Waals surface area contributed by atoms with E-state index >= 15 is 0 Å². The molecule has 2 rings (SSSR count). The summed E-state index contributed by atoms with van der Waals surface area (Å²) in [5.41, 5.74) is 7.84. The first-order chi connectivity index (χ1) is 6.74. The van der Waals surface area contributed by atoms with Crippen LogP contribution in [0.2, 0.25) is 0 Å². The quantitative estimate of drug-likeness (QED) is 0.792. The van der Waals surface area contributed by atoms with E-state index in [2.05, 4.69) is 23.8 Å². The molecule has 1 aromatic rings. The van der Waals surface area contributed by atoms with Crippen LogP contribution >= 0.6 is 11.3 Å². The molecule has 1 aliphatic rings. The molecule has 1 nitrogen and oxygen atoms in total. The summed E-state index contributed by atoms with van der Waals surface area (Å²) in [5.74, 6) is 0.841. The Labute approximate surface area is 90.3 Å². The average molecular weight is 209 g/mol. The van der Waals surface area contributed by atoms with Gasteiger partial charge in [0, 0.05) is 5.54 Å². The van der Waals surface area contributed by atoms with Gasteiger partial charge >= 0.3 is 0 Å². The minimum atomic E-state index is -0.0150. The van der Waals surface area contributed by atoms with Crippen molar-refractivity contribution in [3.63, 3.8) is 0 Å². The number of nitrogens with two attached hydrogens (primary N) is 1. The molecule has 2 atom stereocenters. The highest BCUT2D eigenvalue weighted by Gasteiger charge is 2.33. The van der Waals surface area contributed by atoms with E-state index in [0.29, 0.717) is 0 Å². The predicted octanol–water partition coefficient (Wildman–Crippen LogP) is 3.50. The van der Waals surface area contributed by atoms with Crippen molar-refractivity contribution in [3.05, 3.63) is 22.4 Å². The van der Waals surface area contributed by atoms with Crippen LogP contribution in [0.5, 0.6) is 0 Å².